The number of anilines is 1. The van der Waals surface area contributed by atoms with Crippen molar-refractivity contribution < 1.29 is 4.39 Å². The van der Waals surface area contributed by atoms with Gasteiger partial charge in [0.1, 0.15) is 0 Å². The van der Waals surface area contributed by atoms with Crippen LogP contribution in [0, 0.1) is 17.7 Å². The van der Waals surface area contributed by atoms with E-state index in [1.165, 1.54) is 12.6 Å². The maximum atomic E-state index is 13.4. The normalized spacial score (nSPS) is 15.3. The number of piperidine rings is 1. The van der Waals surface area contributed by atoms with Gasteiger partial charge in [0.25, 0.3) is 0 Å². The molecule has 0 atom stereocenters. The van der Waals surface area contributed by atoms with Gasteiger partial charge in [-0.1, -0.05) is 12.8 Å². The molecule has 2 rings (SSSR count). The molecule has 0 N–H and O–H groups in total. The highest BCUT2D eigenvalue weighted by atomic mass is 19.1. The van der Waals surface area contributed by atoms with Gasteiger partial charge in [-0.25, -0.2) is 14.4 Å². The molecule has 0 spiro atoms. The molecule has 3 nitrogen and oxygen atoms in total. The van der Waals surface area contributed by atoms with Gasteiger partial charge in [0, 0.05) is 19.5 Å². The first-order valence-electron chi connectivity index (χ1n) is 6.07. The van der Waals surface area contributed by atoms with Crippen LogP contribution in [-0.2, 0) is 0 Å². The summed E-state index contributed by atoms with van der Waals surface area (Å²) in [7, 11) is 0. The van der Waals surface area contributed by atoms with E-state index in [4.69, 9.17) is 0 Å². The molecule has 17 heavy (non-hydrogen) atoms. The second-order valence-electron chi connectivity index (χ2n) is 4.07. The Morgan fingerprint density at radius 3 is 2.82 bits per heavy atom. The fourth-order valence-corrected chi connectivity index (χ4v) is 1.86. The minimum atomic E-state index is -0.438. The van der Waals surface area contributed by atoms with Crippen molar-refractivity contribution in [3.8, 4) is 11.8 Å². The molecule has 0 unspecified atom stereocenters. The molecule has 0 aromatic carbocycles. The third-order valence-corrected chi connectivity index (χ3v) is 2.75. The predicted molar refractivity (Wildman–Crippen MR) is 65.2 cm³/mol. The van der Waals surface area contributed by atoms with Crippen molar-refractivity contribution in [3.05, 3.63) is 17.7 Å². The summed E-state index contributed by atoms with van der Waals surface area (Å²) in [5.74, 6) is 5.74. The fraction of sp³-hybridized carbons (Fsp3) is 0.538. The molecule has 2 heterocycles. The Bertz CT molecular complexity index is 442. The van der Waals surface area contributed by atoms with E-state index in [-0.39, 0.29) is 5.69 Å². The number of aromatic nitrogens is 2. The summed E-state index contributed by atoms with van der Waals surface area (Å²) in [5.41, 5.74) is 0.211. The summed E-state index contributed by atoms with van der Waals surface area (Å²) in [6.07, 6.45) is 5.46. The first-order valence-corrected chi connectivity index (χ1v) is 6.07. The van der Waals surface area contributed by atoms with Gasteiger partial charge in [0.05, 0.1) is 6.20 Å². The van der Waals surface area contributed by atoms with Crippen LogP contribution in [0.2, 0.25) is 0 Å². The zero-order valence-electron chi connectivity index (χ0n) is 10.0. The van der Waals surface area contributed by atoms with Crippen molar-refractivity contribution in [2.24, 2.45) is 0 Å². The zero-order valence-corrected chi connectivity index (χ0v) is 10.0. The fourth-order valence-electron chi connectivity index (χ4n) is 1.86. The van der Waals surface area contributed by atoms with Crippen LogP contribution >= 0.6 is 0 Å². The molecule has 90 valence electrons. The molecule has 0 saturated carbocycles. The quantitative estimate of drug-likeness (QED) is 0.697. The molecular formula is C13H16FN3. The van der Waals surface area contributed by atoms with Crippen LogP contribution in [0.25, 0.3) is 0 Å². The average Bonchev–Trinajstić information content (AvgIpc) is 2.39. The van der Waals surface area contributed by atoms with E-state index < -0.39 is 5.82 Å². The number of hydrogen-bond donors (Lipinski definition) is 0. The minimum absolute atomic E-state index is 0.211. The standard InChI is InChI=1S/C13H16FN3/c1-2-3-7-12-11(14)10-15-13(16-12)17-8-5-4-6-9-17/h10H,2,4-6,8-9H2,1H3. The van der Waals surface area contributed by atoms with Crippen molar-refractivity contribution in [1.82, 2.24) is 9.97 Å². The maximum absolute atomic E-state index is 13.4. The summed E-state index contributed by atoms with van der Waals surface area (Å²) in [6.45, 7) is 3.83. The second kappa shape index (κ2) is 5.62. The predicted octanol–water partition coefficient (Wildman–Crippen LogP) is 2.37. The summed E-state index contributed by atoms with van der Waals surface area (Å²) < 4.78 is 13.4. The average molecular weight is 233 g/mol. The number of rotatable bonds is 1. The van der Waals surface area contributed by atoms with E-state index in [1.54, 1.807) is 0 Å². The molecule has 1 aromatic heterocycles. The summed E-state index contributed by atoms with van der Waals surface area (Å²) in [5, 5.41) is 0. The Balaban J connectivity index is 2.23. The summed E-state index contributed by atoms with van der Waals surface area (Å²) in [6, 6.07) is 0. The largest absolute Gasteiger partial charge is 0.341 e. The molecule has 1 aliphatic heterocycles. The van der Waals surface area contributed by atoms with Gasteiger partial charge in [-0.3, -0.25) is 0 Å². The van der Waals surface area contributed by atoms with Crippen molar-refractivity contribution >= 4 is 5.95 Å². The summed E-state index contributed by atoms with van der Waals surface area (Å²) >= 11 is 0. The highest BCUT2D eigenvalue weighted by molar-refractivity contribution is 5.37. The molecule has 0 amide bonds. The smallest absolute Gasteiger partial charge is 0.226 e. The Morgan fingerprint density at radius 1 is 1.35 bits per heavy atom. The van der Waals surface area contributed by atoms with Crippen molar-refractivity contribution in [3.63, 3.8) is 0 Å². The van der Waals surface area contributed by atoms with Gasteiger partial charge in [-0.2, -0.15) is 0 Å². The van der Waals surface area contributed by atoms with E-state index in [0.29, 0.717) is 12.4 Å². The Morgan fingerprint density at radius 2 is 2.12 bits per heavy atom. The molecule has 1 aliphatic rings. The third-order valence-electron chi connectivity index (χ3n) is 2.75. The van der Waals surface area contributed by atoms with Crippen LogP contribution in [0.15, 0.2) is 6.20 Å². The molecular weight excluding hydrogens is 217 g/mol. The van der Waals surface area contributed by atoms with Gasteiger partial charge in [0.15, 0.2) is 11.5 Å². The molecule has 1 aromatic rings. The van der Waals surface area contributed by atoms with E-state index in [1.807, 2.05) is 6.92 Å². The Kier molecular flexibility index (Phi) is 3.92. The van der Waals surface area contributed by atoms with Crippen LogP contribution in [0.3, 0.4) is 0 Å². The van der Waals surface area contributed by atoms with E-state index in [2.05, 4.69) is 26.7 Å². The van der Waals surface area contributed by atoms with Gasteiger partial charge < -0.3 is 4.90 Å². The molecule has 4 heteroatoms. The van der Waals surface area contributed by atoms with Crippen LogP contribution in [0.4, 0.5) is 10.3 Å². The van der Waals surface area contributed by atoms with Crippen LogP contribution in [0.5, 0.6) is 0 Å². The Hall–Kier alpha value is -1.63. The highest BCUT2D eigenvalue weighted by Crippen LogP contribution is 2.16. The Labute approximate surface area is 101 Å². The lowest BCUT2D eigenvalue weighted by molar-refractivity contribution is 0.561. The molecule has 1 fully saturated rings. The first kappa shape index (κ1) is 11.8. The van der Waals surface area contributed by atoms with Crippen LogP contribution < -0.4 is 4.90 Å². The number of halogens is 1. The maximum Gasteiger partial charge on any atom is 0.226 e. The highest BCUT2D eigenvalue weighted by Gasteiger charge is 2.14. The molecule has 0 bridgehead atoms. The van der Waals surface area contributed by atoms with Crippen molar-refractivity contribution in [1.29, 1.82) is 0 Å². The molecule has 0 radical (unpaired) electrons. The summed E-state index contributed by atoms with van der Waals surface area (Å²) in [4.78, 5) is 10.3. The lowest BCUT2D eigenvalue weighted by Gasteiger charge is -2.26. The van der Waals surface area contributed by atoms with Gasteiger partial charge in [0.2, 0.25) is 5.95 Å². The van der Waals surface area contributed by atoms with Crippen molar-refractivity contribution in [2.75, 3.05) is 18.0 Å². The van der Waals surface area contributed by atoms with Crippen LogP contribution in [0.1, 0.15) is 38.3 Å². The number of nitrogens with zero attached hydrogens (tertiary/aromatic N) is 3. The SMILES string of the molecule is CCC#Cc1nc(N2CCCCC2)ncc1F. The van der Waals surface area contributed by atoms with E-state index in [0.717, 1.165) is 25.9 Å². The third kappa shape index (κ3) is 2.94. The molecule has 1 saturated heterocycles. The monoisotopic (exact) mass is 233 g/mol. The first-order chi connectivity index (χ1) is 8.31. The van der Waals surface area contributed by atoms with Gasteiger partial charge in [-0.15, -0.1) is 0 Å². The van der Waals surface area contributed by atoms with Gasteiger partial charge >= 0.3 is 0 Å². The van der Waals surface area contributed by atoms with E-state index in [9.17, 15) is 4.39 Å². The lowest BCUT2D eigenvalue weighted by atomic mass is 10.1. The van der Waals surface area contributed by atoms with Crippen LogP contribution in [-0.4, -0.2) is 23.1 Å². The van der Waals surface area contributed by atoms with Crippen molar-refractivity contribution in [2.45, 2.75) is 32.6 Å². The number of hydrogen-bond acceptors (Lipinski definition) is 3. The second-order valence-corrected chi connectivity index (χ2v) is 4.07. The topological polar surface area (TPSA) is 29.0 Å². The minimum Gasteiger partial charge on any atom is -0.341 e. The van der Waals surface area contributed by atoms with Gasteiger partial charge in [-0.05, 0) is 25.2 Å². The van der Waals surface area contributed by atoms with E-state index >= 15 is 0 Å². The molecule has 0 aliphatic carbocycles. The lowest BCUT2D eigenvalue weighted by Crippen LogP contribution is -2.31. The zero-order chi connectivity index (χ0) is 12.1.